The molecule has 0 fully saturated rings. The van der Waals surface area contributed by atoms with Crippen LogP contribution in [-0.2, 0) is 11.2 Å². The smallest absolute Gasteiger partial charge is 0.220 e. The molecule has 2 N–H and O–H groups in total. The number of para-hydroxylation sites is 1. The van der Waals surface area contributed by atoms with Gasteiger partial charge in [-0.05, 0) is 29.9 Å². The van der Waals surface area contributed by atoms with Crippen molar-refractivity contribution in [1.82, 2.24) is 5.32 Å². The summed E-state index contributed by atoms with van der Waals surface area (Å²) >= 11 is 0. The molecule has 20 heavy (non-hydrogen) atoms. The molecular weight excluding hydrogens is 254 g/mol. The summed E-state index contributed by atoms with van der Waals surface area (Å²) in [6.45, 7) is 4.79. The Balaban J connectivity index is 2.40. The third kappa shape index (κ3) is 5.61. The van der Waals surface area contributed by atoms with E-state index in [-0.39, 0.29) is 17.9 Å². The molecule has 1 amide bonds. The van der Waals surface area contributed by atoms with Crippen LogP contribution < -0.4 is 10.1 Å². The normalized spacial score (nSPS) is 11.2. The number of nitrogens with one attached hydrogen (secondary N) is 1. The Morgan fingerprint density at radius 1 is 1.35 bits per heavy atom. The van der Waals surface area contributed by atoms with Crippen LogP contribution in [0.25, 0.3) is 0 Å². The van der Waals surface area contributed by atoms with Gasteiger partial charge >= 0.3 is 0 Å². The van der Waals surface area contributed by atoms with Crippen LogP contribution in [0.1, 0.15) is 32.3 Å². The van der Waals surface area contributed by atoms with Gasteiger partial charge in [0.05, 0.1) is 7.11 Å². The highest BCUT2D eigenvalue weighted by Crippen LogP contribution is 2.20. The second-order valence-electron chi connectivity index (χ2n) is 5.73. The summed E-state index contributed by atoms with van der Waals surface area (Å²) in [4.78, 5) is 11.9. The largest absolute Gasteiger partial charge is 0.496 e. The van der Waals surface area contributed by atoms with Crippen molar-refractivity contribution in [3.8, 4) is 5.75 Å². The maximum atomic E-state index is 11.9. The number of benzene rings is 1. The second-order valence-corrected chi connectivity index (χ2v) is 5.73. The minimum absolute atomic E-state index is 0.0296. The highest BCUT2D eigenvalue weighted by Gasteiger charge is 2.18. The molecule has 0 heterocycles. The Bertz CT molecular complexity index is 429. The van der Waals surface area contributed by atoms with Crippen LogP contribution in [0.15, 0.2) is 24.3 Å². The van der Waals surface area contributed by atoms with Gasteiger partial charge in [-0.1, -0.05) is 32.0 Å². The van der Waals surface area contributed by atoms with E-state index in [1.165, 1.54) is 0 Å². The van der Waals surface area contributed by atoms with Crippen molar-refractivity contribution < 1.29 is 14.6 Å². The molecule has 0 aromatic heterocycles. The number of hydrogen-bond donors (Lipinski definition) is 2. The first kappa shape index (κ1) is 16.5. The molecule has 0 aliphatic carbocycles. The summed E-state index contributed by atoms with van der Waals surface area (Å²) < 4.78 is 5.26. The van der Waals surface area contributed by atoms with Gasteiger partial charge in [0.15, 0.2) is 0 Å². The van der Waals surface area contributed by atoms with E-state index >= 15 is 0 Å². The second kappa shape index (κ2) is 7.90. The average molecular weight is 279 g/mol. The number of carbonyl (C=O) groups is 1. The predicted molar refractivity (Wildman–Crippen MR) is 79.8 cm³/mol. The number of aryl methyl sites for hydroxylation is 1. The number of aliphatic hydroxyl groups is 1. The molecule has 1 rings (SSSR count). The molecule has 0 bridgehead atoms. The Labute approximate surface area is 121 Å². The molecule has 0 aliphatic heterocycles. The fourth-order valence-electron chi connectivity index (χ4n) is 1.98. The lowest BCUT2D eigenvalue weighted by Crippen LogP contribution is -2.34. The van der Waals surface area contributed by atoms with E-state index in [9.17, 15) is 4.79 Å². The van der Waals surface area contributed by atoms with Gasteiger partial charge in [-0.25, -0.2) is 0 Å². The molecule has 0 saturated heterocycles. The number of aliphatic hydroxyl groups excluding tert-OH is 1. The zero-order chi connectivity index (χ0) is 15.0. The van der Waals surface area contributed by atoms with Crippen LogP contribution >= 0.6 is 0 Å². The first-order valence-electron chi connectivity index (χ1n) is 6.98. The number of hydrogen-bond acceptors (Lipinski definition) is 3. The van der Waals surface area contributed by atoms with Crippen LogP contribution in [0, 0.1) is 5.41 Å². The van der Waals surface area contributed by atoms with Gasteiger partial charge in [-0.15, -0.1) is 0 Å². The van der Waals surface area contributed by atoms with E-state index in [0.29, 0.717) is 25.8 Å². The Morgan fingerprint density at radius 2 is 2.05 bits per heavy atom. The number of carbonyl (C=O) groups excluding carboxylic acids is 1. The number of amides is 1. The van der Waals surface area contributed by atoms with Gasteiger partial charge in [0.1, 0.15) is 5.75 Å². The van der Waals surface area contributed by atoms with Crippen LogP contribution in [0.4, 0.5) is 0 Å². The van der Waals surface area contributed by atoms with Gasteiger partial charge in [0, 0.05) is 19.6 Å². The van der Waals surface area contributed by atoms with Gasteiger partial charge in [0.2, 0.25) is 5.91 Å². The first-order valence-corrected chi connectivity index (χ1v) is 6.98. The average Bonchev–Trinajstić information content (AvgIpc) is 2.43. The zero-order valence-electron chi connectivity index (χ0n) is 12.6. The first-order chi connectivity index (χ1) is 9.48. The molecule has 4 nitrogen and oxygen atoms in total. The van der Waals surface area contributed by atoms with Crippen LogP contribution in [0.5, 0.6) is 5.75 Å². The molecule has 112 valence electrons. The molecule has 0 spiro atoms. The van der Waals surface area contributed by atoms with Gasteiger partial charge in [0.25, 0.3) is 0 Å². The van der Waals surface area contributed by atoms with E-state index in [0.717, 1.165) is 11.3 Å². The fraction of sp³-hybridized carbons (Fsp3) is 0.562. The minimum Gasteiger partial charge on any atom is -0.496 e. The van der Waals surface area contributed by atoms with E-state index in [4.69, 9.17) is 9.84 Å². The highest BCUT2D eigenvalue weighted by molar-refractivity contribution is 5.76. The van der Waals surface area contributed by atoms with E-state index in [1.807, 2.05) is 38.1 Å². The SMILES string of the molecule is COc1ccccc1CCC(=O)NCC(C)(C)CCO. The van der Waals surface area contributed by atoms with Crippen molar-refractivity contribution in [2.45, 2.75) is 33.1 Å². The maximum absolute atomic E-state index is 11.9. The number of ether oxygens (including phenoxy) is 1. The Hall–Kier alpha value is -1.55. The van der Waals surface area contributed by atoms with Crippen molar-refractivity contribution in [3.05, 3.63) is 29.8 Å². The minimum atomic E-state index is -0.0746. The van der Waals surface area contributed by atoms with Crippen molar-refractivity contribution in [2.75, 3.05) is 20.3 Å². The summed E-state index contributed by atoms with van der Waals surface area (Å²) in [5.41, 5.74) is 0.967. The summed E-state index contributed by atoms with van der Waals surface area (Å²) in [5, 5.41) is 11.9. The third-order valence-corrected chi connectivity index (χ3v) is 3.37. The maximum Gasteiger partial charge on any atom is 0.220 e. The molecular formula is C16H25NO3. The monoisotopic (exact) mass is 279 g/mol. The molecule has 0 saturated carbocycles. The lowest BCUT2D eigenvalue weighted by atomic mass is 9.90. The standard InChI is InChI=1S/C16H25NO3/c1-16(2,10-11-18)12-17-15(19)9-8-13-6-4-5-7-14(13)20-3/h4-7,18H,8-12H2,1-3H3,(H,17,19). The molecule has 0 atom stereocenters. The topological polar surface area (TPSA) is 58.6 Å². The van der Waals surface area contributed by atoms with Crippen LogP contribution in [0.2, 0.25) is 0 Å². The molecule has 0 aliphatic rings. The zero-order valence-corrected chi connectivity index (χ0v) is 12.6. The summed E-state index contributed by atoms with van der Waals surface area (Å²) in [7, 11) is 1.64. The van der Waals surface area contributed by atoms with Crippen molar-refractivity contribution in [3.63, 3.8) is 0 Å². The highest BCUT2D eigenvalue weighted by atomic mass is 16.5. The molecule has 1 aromatic rings. The van der Waals surface area contributed by atoms with E-state index in [1.54, 1.807) is 7.11 Å². The predicted octanol–water partition coefficient (Wildman–Crippen LogP) is 2.15. The number of methoxy groups -OCH3 is 1. The van der Waals surface area contributed by atoms with Gasteiger partial charge in [-0.3, -0.25) is 4.79 Å². The third-order valence-electron chi connectivity index (χ3n) is 3.37. The van der Waals surface area contributed by atoms with Crippen molar-refractivity contribution >= 4 is 5.91 Å². The number of rotatable bonds is 8. The van der Waals surface area contributed by atoms with Crippen molar-refractivity contribution in [2.24, 2.45) is 5.41 Å². The van der Waals surface area contributed by atoms with Crippen molar-refractivity contribution in [1.29, 1.82) is 0 Å². The summed E-state index contributed by atoms with van der Waals surface area (Å²) in [5.74, 6) is 0.850. The molecule has 4 heteroatoms. The Kier molecular flexibility index (Phi) is 6.52. The van der Waals surface area contributed by atoms with Gasteiger partial charge < -0.3 is 15.2 Å². The van der Waals surface area contributed by atoms with Crippen LogP contribution in [-0.4, -0.2) is 31.3 Å². The molecule has 0 radical (unpaired) electrons. The van der Waals surface area contributed by atoms with Gasteiger partial charge in [-0.2, -0.15) is 0 Å². The van der Waals surface area contributed by atoms with Crippen LogP contribution in [0.3, 0.4) is 0 Å². The molecule has 1 aromatic carbocycles. The fourth-order valence-corrected chi connectivity index (χ4v) is 1.98. The lowest BCUT2D eigenvalue weighted by molar-refractivity contribution is -0.121. The molecule has 0 unspecified atom stereocenters. The summed E-state index contributed by atoms with van der Waals surface area (Å²) in [6.07, 6.45) is 1.78. The lowest BCUT2D eigenvalue weighted by Gasteiger charge is -2.23. The summed E-state index contributed by atoms with van der Waals surface area (Å²) in [6, 6.07) is 7.74. The Morgan fingerprint density at radius 3 is 2.70 bits per heavy atom. The van der Waals surface area contributed by atoms with E-state index < -0.39 is 0 Å². The quantitative estimate of drug-likeness (QED) is 0.766. The van der Waals surface area contributed by atoms with E-state index in [2.05, 4.69) is 5.32 Å².